The second kappa shape index (κ2) is 4.14. The van der Waals surface area contributed by atoms with Crippen molar-refractivity contribution in [1.29, 1.82) is 0 Å². The number of halogens is 4. The first-order valence-corrected chi connectivity index (χ1v) is 5.50. The lowest BCUT2D eigenvalue weighted by atomic mass is 9.77. The Morgan fingerprint density at radius 3 is 2.35 bits per heavy atom. The molecule has 0 radical (unpaired) electrons. The fraction of sp³-hybridized carbons (Fsp3) is 0.909. The number of rotatable bonds is 3. The molecule has 0 spiro atoms. The highest BCUT2D eigenvalue weighted by Crippen LogP contribution is 2.53. The van der Waals surface area contributed by atoms with E-state index < -0.39 is 35.6 Å². The van der Waals surface area contributed by atoms with E-state index in [9.17, 15) is 22.4 Å². The third-order valence-corrected chi connectivity index (χ3v) is 3.55. The van der Waals surface area contributed by atoms with Gasteiger partial charge < -0.3 is 5.11 Å². The molecular formula is C11H16F4O2. The van der Waals surface area contributed by atoms with Crippen molar-refractivity contribution in [2.75, 3.05) is 0 Å². The molecule has 0 aromatic heterocycles. The Balaban J connectivity index is 2.88. The van der Waals surface area contributed by atoms with Gasteiger partial charge in [-0.05, 0) is 39.5 Å². The summed E-state index contributed by atoms with van der Waals surface area (Å²) in [6.07, 6.45) is -5.53. The van der Waals surface area contributed by atoms with Crippen LogP contribution < -0.4 is 0 Å². The van der Waals surface area contributed by atoms with E-state index >= 15 is 0 Å². The molecule has 1 aliphatic carbocycles. The van der Waals surface area contributed by atoms with Crippen LogP contribution in [0.5, 0.6) is 0 Å². The minimum atomic E-state index is -4.91. The van der Waals surface area contributed by atoms with Crippen LogP contribution in [0.1, 0.15) is 39.5 Å². The maximum absolute atomic E-state index is 14.0. The standard InChI is InChI=1S/C11H16F4O2/c1-9(2,8(16)17)6-7-4-3-5-10(7,12)11(13,14)15/h7H,3-6H2,1-2H3,(H,16,17). The van der Waals surface area contributed by atoms with Gasteiger partial charge in [0, 0.05) is 5.92 Å². The Kier molecular flexibility index (Phi) is 3.47. The molecule has 0 amide bonds. The summed E-state index contributed by atoms with van der Waals surface area (Å²) in [6.45, 7) is 2.65. The van der Waals surface area contributed by atoms with Crippen LogP contribution in [0.15, 0.2) is 0 Å². The minimum absolute atomic E-state index is 0.0900. The van der Waals surface area contributed by atoms with Crippen LogP contribution in [0.3, 0.4) is 0 Å². The fourth-order valence-corrected chi connectivity index (χ4v) is 2.38. The molecule has 1 fully saturated rings. The van der Waals surface area contributed by atoms with Crippen LogP contribution in [0, 0.1) is 11.3 Å². The molecule has 0 bridgehead atoms. The third-order valence-electron chi connectivity index (χ3n) is 3.55. The van der Waals surface area contributed by atoms with Crippen molar-refractivity contribution >= 4 is 5.97 Å². The molecule has 2 unspecified atom stereocenters. The number of alkyl halides is 4. The molecule has 1 N–H and O–H groups in total. The zero-order valence-corrected chi connectivity index (χ0v) is 9.77. The normalized spacial score (nSPS) is 30.6. The van der Waals surface area contributed by atoms with Gasteiger partial charge in [-0.2, -0.15) is 13.2 Å². The highest BCUT2D eigenvalue weighted by Gasteiger charge is 2.63. The maximum Gasteiger partial charge on any atom is 0.422 e. The van der Waals surface area contributed by atoms with Crippen molar-refractivity contribution in [2.24, 2.45) is 11.3 Å². The molecule has 1 saturated carbocycles. The van der Waals surface area contributed by atoms with Crippen LogP contribution >= 0.6 is 0 Å². The molecule has 0 aliphatic heterocycles. The molecule has 2 atom stereocenters. The molecule has 0 heterocycles. The minimum Gasteiger partial charge on any atom is -0.481 e. The van der Waals surface area contributed by atoms with Gasteiger partial charge in [-0.3, -0.25) is 4.79 Å². The van der Waals surface area contributed by atoms with E-state index in [2.05, 4.69) is 0 Å². The average molecular weight is 256 g/mol. The Bertz CT molecular complexity index is 311. The van der Waals surface area contributed by atoms with Gasteiger partial charge in [0.05, 0.1) is 5.41 Å². The summed E-state index contributed by atoms with van der Waals surface area (Å²) in [5, 5.41) is 8.87. The molecule has 17 heavy (non-hydrogen) atoms. The summed E-state index contributed by atoms with van der Waals surface area (Å²) in [4.78, 5) is 10.9. The lowest BCUT2D eigenvalue weighted by molar-refractivity contribution is -0.244. The summed E-state index contributed by atoms with van der Waals surface area (Å²) < 4.78 is 51.9. The van der Waals surface area contributed by atoms with Crippen LogP contribution in [0.4, 0.5) is 17.6 Å². The molecule has 1 rings (SSSR count). The molecule has 0 saturated heterocycles. The van der Waals surface area contributed by atoms with Crippen LogP contribution in [-0.2, 0) is 4.79 Å². The lowest BCUT2D eigenvalue weighted by Gasteiger charge is -2.33. The maximum atomic E-state index is 14.0. The van der Waals surface area contributed by atoms with Gasteiger partial charge in [0.2, 0.25) is 5.67 Å². The van der Waals surface area contributed by atoms with E-state index in [1.54, 1.807) is 0 Å². The molecule has 2 nitrogen and oxygen atoms in total. The average Bonchev–Trinajstić information content (AvgIpc) is 2.47. The molecule has 1 aliphatic rings. The zero-order valence-electron chi connectivity index (χ0n) is 9.77. The monoisotopic (exact) mass is 256 g/mol. The largest absolute Gasteiger partial charge is 0.481 e. The molecule has 100 valence electrons. The van der Waals surface area contributed by atoms with Crippen LogP contribution in [0.2, 0.25) is 0 Å². The first-order valence-electron chi connectivity index (χ1n) is 5.50. The van der Waals surface area contributed by atoms with E-state index in [0.717, 1.165) is 0 Å². The summed E-state index contributed by atoms with van der Waals surface area (Å²) in [5.74, 6) is -2.46. The zero-order chi connectivity index (χ0) is 13.5. The number of carboxylic acid groups (broad SMARTS) is 1. The van der Waals surface area contributed by atoms with Gasteiger partial charge in [-0.25, -0.2) is 4.39 Å². The Morgan fingerprint density at radius 2 is 1.94 bits per heavy atom. The van der Waals surface area contributed by atoms with Crippen LogP contribution in [-0.4, -0.2) is 22.9 Å². The Hall–Kier alpha value is -0.810. The summed E-state index contributed by atoms with van der Waals surface area (Å²) in [7, 11) is 0. The van der Waals surface area contributed by atoms with Crippen LogP contribution in [0.25, 0.3) is 0 Å². The number of carbonyl (C=O) groups is 1. The molecule has 0 aromatic carbocycles. The summed E-state index contributed by atoms with van der Waals surface area (Å²) in [5.41, 5.74) is -4.56. The Morgan fingerprint density at radius 1 is 1.41 bits per heavy atom. The fourth-order valence-electron chi connectivity index (χ4n) is 2.38. The second-order valence-electron chi connectivity index (χ2n) is 5.34. The van der Waals surface area contributed by atoms with Crippen molar-refractivity contribution in [3.05, 3.63) is 0 Å². The van der Waals surface area contributed by atoms with E-state index in [1.807, 2.05) is 0 Å². The smallest absolute Gasteiger partial charge is 0.422 e. The van der Waals surface area contributed by atoms with Crippen molar-refractivity contribution in [1.82, 2.24) is 0 Å². The SMILES string of the molecule is CC(C)(CC1CCCC1(F)C(F)(F)F)C(=O)O. The summed E-state index contributed by atoms with van der Waals surface area (Å²) in [6, 6.07) is 0. The van der Waals surface area contributed by atoms with Crippen molar-refractivity contribution in [2.45, 2.75) is 51.4 Å². The highest BCUT2D eigenvalue weighted by atomic mass is 19.4. The third kappa shape index (κ3) is 2.55. The van der Waals surface area contributed by atoms with E-state index in [1.165, 1.54) is 13.8 Å². The van der Waals surface area contributed by atoms with Gasteiger partial charge in [0.1, 0.15) is 0 Å². The van der Waals surface area contributed by atoms with E-state index in [-0.39, 0.29) is 19.3 Å². The highest BCUT2D eigenvalue weighted by molar-refractivity contribution is 5.73. The first kappa shape index (κ1) is 14.3. The topological polar surface area (TPSA) is 37.3 Å². The summed E-state index contributed by atoms with van der Waals surface area (Å²) >= 11 is 0. The number of hydrogen-bond donors (Lipinski definition) is 1. The predicted octanol–water partition coefficient (Wildman–Crippen LogP) is 3.56. The number of hydrogen-bond acceptors (Lipinski definition) is 1. The number of aliphatic carboxylic acids is 1. The lowest BCUT2D eigenvalue weighted by Crippen LogP contribution is -2.46. The molecule has 6 heteroatoms. The van der Waals surface area contributed by atoms with Gasteiger partial charge in [0.25, 0.3) is 0 Å². The van der Waals surface area contributed by atoms with Gasteiger partial charge >= 0.3 is 12.1 Å². The molecule has 0 aromatic rings. The van der Waals surface area contributed by atoms with Crippen molar-refractivity contribution < 1.29 is 27.5 Å². The second-order valence-corrected chi connectivity index (χ2v) is 5.34. The van der Waals surface area contributed by atoms with Gasteiger partial charge in [-0.15, -0.1) is 0 Å². The van der Waals surface area contributed by atoms with E-state index in [4.69, 9.17) is 5.11 Å². The first-order chi connectivity index (χ1) is 7.51. The van der Waals surface area contributed by atoms with E-state index in [0.29, 0.717) is 0 Å². The predicted molar refractivity (Wildman–Crippen MR) is 53.3 cm³/mol. The Labute approximate surface area is 97.0 Å². The molecular weight excluding hydrogens is 240 g/mol. The number of carboxylic acids is 1. The quantitative estimate of drug-likeness (QED) is 0.784. The van der Waals surface area contributed by atoms with Gasteiger partial charge in [-0.1, -0.05) is 0 Å². The van der Waals surface area contributed by atoms with Gasteiger partial charge in [0.15, 0.2) is 0 Å². The van der Waals surface area contributed by atoms with Crippen molar-refractivity contribution in [3.63, 3.8) is 0 Å². The van der Waals surface area contributed by atoms with Crippen molar-refractivity contribution in [3.8, 4) is 0 Å².